The Balaban J connectivity index is 2.18. The third kappa shape index (κ3) is 4.28. The Morgan fingerprint density at radius 1 is 0.967 bits per heavy atom. The molecular formula is C22H20FNO5S. The Kier molecular flexibility index (Phi) is 6.37. The van der Waals surface area contributed by atoms with E-state index in [4.69, 9.17) is 9.47 Å². The van der Waals surface area contributed by atoms with Crippen molar-refractivity contribution in [3.05, 3.63) is 78.6 Å². The summed E-state index contributed by atoms with van der Waals surface area (Å²) in [4.78, 5) is 11.8. The molecule has 3 aromatic rings. The maximum atomic E-state index is 14.2. The highest BCUT2D eigenvalue weighted by Gasteiger charge is 2.30. The first kappa shape index (κ1) is 21.3. The Hall–Kier alpha value is -3.39. The third-order valence-corrected chi connectivity index (χ3v) is 6.22. The summed E-state index contributed by atoms with van der Waals surface area (Å²) in [6.45, 7) is -0.573. The van der Waals surface area contributed by atoms with Crippen molar-refractivity contribution in [2.45, 2.75) is 4.90 Å². The fourth-order valence-electron chi connectivity index (χ4n) is 2.97. The molecule has 0 atom stereocenters. The van der Waals surface area contributed by atoms with Crippen molar-refractivity contribution in [2.24, 2.45) is 0 Å². The van der Waals surface area contributed by atoms with E-state index in [2.05, 4.69) is 0 Å². The molecule has 8 heteroatoms. The molecule has 0 N–H and O–H groups in total. The minimum Gasteiger partial charge on any atom is -0.494 e. The van der Waals surface area contributed by atoms with Gasteiger partial charge in [0.05, 0.1) is 24.8 Å². The third-order valence-electron chi connectivity index (χ3n) is 4.47. The lowest BCUT2D eigenvalue weighted by Gasteiger charge is -2.26. The first-order valence-electron chi connectivity index (χ1n) is 8.96. The lowest BCUT2D eigenvalue weighted by molar-refractivity contribution is -0.138. The second-order valence-electron chi connectivity index (χ2n) is 6.27. The molecule has 3 aromatic carbocycles. The number of methoxy groups -OCH3 is 2. The minimum atomic E-state index is -4.30. The van der Waals surface area contributed by atoms with E-state index >= 15 is 0 Å². The number of carbonyl (C=O) groups excluding carboxylic acids is 1. The zero-order chi connectivity index (χ0) is 21.7. The highest BCUT2D eigenvalue weighted by molar-refractivity contribution is 7.92. The average molecular weight is 429 g/mol. The van der Waals surface area contributed by atoms with Crippen molar-refractivity contribution >= 4 is 21.7 Å². The van der Waals surface area contributed by atoms with Crippen molar-refractivity contribution in [1.29, 1.82) is 0 Å². The number of ether oxygens (including phenoxy) is 2. The van der Waals surface area contributed by atoms with E-state index in [0.717, 1.165) is 15.9 Å². The van der Waals surface area contributed by atoms with Gasteiger partial charge in [-0.3, -0.25) is 9.10 Å². The van der Waals surface area contributed by atoms with Gasteiger partial charge in [-0.2, -0.15) is 0 Å². The number of hydrogen-bond donors (Lipinski definition) is 0. The molecule has 0 amide bonds. The van der Waals surface area contributed by atoms with Crippen LogP contribution in [0.5, 0.6) is 5.75 Å². The molecule has 0 bridgehead atoms. The molecule has 30 heavy (non-hydrogen) atoms. The summed E-state index contributed by atoms with van der Waals surface area (Å²) in [7, 11) is -1.85. The van der Waals surface area contributed by atoms with Gasteiger partial charge in [-0.1, -0.05) is 48.5 Å². The fraction of sp³-hybridized carbons (Fsp3) is 0.136. The summed E-state index contributed by atoms with van der Waals surface area (Å²) in [5.41, 5.74) is 1.63. The molecule has 156 valence electrons. The number of benzene rings is 3. The van der Waals surface area contributed by atoms with E-state index in [-0.39, 0.29) is 16.3 Å². The molecular weight excluding hydrogens is 409 g/mol. The molecule has 6 nitrogen and oxygen atoms in total. The number of halogens is 1. The Labute approximate surface area is 174 Å². The molecule has 3 rings (SSSR count). The Bertz CT molecular complexity index is 1150. The lowest BCUT2D eigenvalue weighted by Crippen LogP contribution is -2.36. The SMILES string of the molecule is COC(=O)CN(c1ccccc1-c1ccccc1)S(=O)(=O)c1ccc(OC)c(F)c1. The van der Waals surface area contributed by atoms with Gasteiger partial charge in [0.25, 0.3) is 10.0 Å². The Morgan fingerprint density at radius 3 is 2.27 bits per heavy atom. The first-order chi connectivity index (χ1) is 14.4. The first-order valence-corrected chi connectivity index (χ1v) is 10.4. The largest absolute Gasteiger partial charge is 0.494 e. The molecule has 0 fully saturated rings. The van der Waals surface area contributed by atoms with Gasteiger partial charge in [0.15, 0.2) is 11.6 Å². The average Bonchev–Trinajstić information content (AvgIpc) is 2.77. The highest BCUT2D eigenvalue weighted by atomic mass is 32.2. The fourth-order valence-corrected chi connectivity index (χ4v) is 4.41. The van der Waals surface area contributed by atoms with E-state index in [1.807, 2.05) is 30.3 Å². The van der Waals surface area contributed by atoms with Gasteiger partial charge in [-0.05, 0) is 29.8 Å². The molecule has 0 aliphatic heterocycles. The van der Waals surface area contributed by atoms with Crippen LogP contribution >= 0.6 is 0 Å². The molecule has 0 radical (unpaired) electrons. The van der Waals surface area contributed by atoms with E-state index in [9.17, 15) is 17.6 Å². The standard InChI is InChI=1S/C22H20FNO5S/c1-28-21-13-12-17(14-19(21)23)30(26,27)24(15-22(25)29-2)20-11-7-6-10-18(20)16-8-4-3-5-9-16/h3-14H,15H2,1-2H3. The van der Waals surface area contributed by atoms with Gasteiger partial charge in [0.2, 0.25) is 0 Å². The van der Waals surface area contributed by atoms with Crippen molar-refractivity contribution in [3.8, 4) is 16.9 Å². The molecule has 0 spiro atoms. The molecule has 0 aliphatic rings. The second-order valence-corrected chi connectivity index (χ2v) is 8.13. The smallest absolute Gasteiger partial charge is 0.326 e. The molecule has 0 unspecified atom stereocenters. The number of para-hydroxylation sites is 1. The van der Waals surface area contributed by atoms with Crippen LogP contribution in [0, 0.1) is 5.82 Å². The van der Waals surface area contributed by atoms with Crippen LogP contribution in [0.15, 0.2) is 77.7 Å². The number of hydrogen-bond acceptors (Lipinski definition) is 5. The molecule has 0 aliphatic carbocycles. The molecule has 0 saturated heterocycles. The van der Waals surface area contributed by atoms with Gasteiger partial charge in [0, 0.05) is 5.56 Å². The predicted octanol–water partition coefficient (Wildman–Crippen LogP) is 3.87. The quantitative estimate of drug-likeness (QED) is 0.533. The maximum absolute atomic E-state index is 14.2. The highest BCUT2D eigenvalue weighted by Crippen LogP contribution is 2.34. The van der Waals surface area contributed by atoms with Gasteiger partial charge in [-0.25, -0.2) is 12.8 Å². The summed E-state index contributed by atoms with van der Waals surface area (Å²) in [6.07, 6.45) is 0. The number of carbonyl (C=O) groups is 1. The summed E-state index contributed by atoms with van der Waals surface area (Å²) in [5, 5.41) is 0. The summed E-state index contributed by atoms with van der Waals surface area (Å²) >= 11 is 0. The zero-order valence-electron chi connectivity index (χ0n) is 16.4. The molecule has 0 heterocycles. The minimum absolute atomic E-state index is 0.0850. The topological polar surface area (TPSA) is 72.9 Å². The van der Waals surface area contributed by atoms with E-state index in [1.54, 1.807) is 24.3 Å². The monoisotopic (exact) mass is 429 g/mol. The van der Waals surface area contributed by atoms with Crippen LogP contribution in [-0.2, 0) is 19.6 Å². The van der Waals surface area contributed by atoms with Gasteiger partial charge >= 0.3 is 5.97 Å². The van der Waals surface area contributed by atoms with Crippen molar-refractivity contribution in [3.63, 3.8) is 0 Å². The van der Waals surface area contributed by atoms with Crippen LogP contribution in [0.25, 0.3) is 11.1 Å². The number of esters is 1. The zero-order valence-corrected chi connectivity index (χ0v) is 17.2. The Morgan fingerprint density at radius 2 is 1.63 bits per heavy atom. The summed E-state index contributed by atoms with van der Waals surface area (Å²) in [5.74, 6) is -1.67. The van der Waals surface area contributed by atoms with Gasteiger partial charge in [-0.15, -0.1) is 0 Å². The summed E-state index contributed by atoms with van der Waals surface area (Å²) < 4.78 is 51.6. The normalized spacial score (nSPS) is 11.0. The molecule has 0 saturated carbocycles. The van der Waals surface area contributed by atoms with Crippen LogP contribution in [0.4, 0.5) is 10.1 Å². The van der Waals surface area contributed by atoms with E-state index in [1.165, 1.54) is 26.4 Å². The van der Waals surface area contributed by atoms with E-state index < -0.39 is 28.4 Å². The number of rotatable bonds is 7. The van der Waals surface area contributed by atoms with Crippen molar-refractivity contribution in [1.82, 2.24) is 0 Å². The molecule has 0 aromatic heterocycles. The second kappa shape index (κ2) is 8.96. The van der Waals surface area contributed by atoms with Gasteiger partial charge in [0.1, 0.15) is 6.54 Å². The van der Waals surface area contributed by atoms with Crippen LogP contribution in [0.3, 0.4) is 0 Å². The number of nitrogens with zero attached hydrogens (tertiary/aromatic N) is 1. The van der Waals surface area contributed by atoms with Gasteiger partial charge < -0.3 is 9.47 Å². The maximum Gasteiger partial charge on any atom is 0.326 e. The van der Waals surface area contributed by atoms with Crippen LogP contribution in [-0.4, -0.2) is 35.2 Å². The van der Waals surface area contributed by atoms with Crippen molar-refractivity contribution < 1.29 is 27.1 Å². The van der Waals surface area contributed by atoms with Crippen LogP contribution in [0.2, 0.25) is 0 Å². The predicted molar refractivity (Wildman–Crippen MR) is 111 cm³/mol. The summed E-state index contributed by atoms with van der Waals surface area (Å²) in [6, 6.07) is 19.2. The van der Waals surface area contributed by atoms with Crippen molar-refractivity contribution in [2.75, 3.05) is 25.1 Å². The van der Waals surface area contributed by atoms with Crippen LogP contribution < -0.4 is 9.04 Å². The van der Waals surface area contributed by atoms with Crippen LogP contribution in [0.1, 0.15) is 0 Å². The lowest BCUT2D eigenvalue weighted by atomic mass is 10.0. The number of anilines is 1. The number of sulfonamides is 1. The van der Waals surface area contributed by atoms with E-state index in [0.29, 0.717) is 5.56 Å².